The van der Waals surface area contributed by atoms with E-state index in [0.717, 1.165) is 43.3 Å². The first kappa shape index (κ1) is 28.4. The third-order valence-electron chi connectivity index (χ3n) is 3.77. The minimum atomic E-state index is 0. The first-order chi connectivity index (χ1) is 11.7. The molecule has 1 aromatic carbocycles. The summed E-state index contributed by atoms with van der Waals surface area (Å²) in [6.07, 6.45) is 5.86. The summed E-state index contributed by atoms with van der Waals surface area (Å²) in [5.41, 5.74) is 13.2. The predicted molar refractivity (Wildman–Crippen MR) is 128 cm³/mol. The zero-order valence-corrected chi connectivity index (χ0v) is 21.0. The molecule has 27 heavy (non-hydrogen) atoms. The molecule has 0 spiro atoms. The molecule has 0 aliphatic carbocycles. The van der Waals surface area contributed by atoms with Crippen LogP contribution in [0.2, 0.25) is 0 Å². The van der Waals surface area contributed by atoms with Gasteiger partial charge in [0, 0.05) is 24.9 Å². The molecule has 2 aromatic rings. The fraction of sp³-hybridized carbons (Fsp3) is 0.471. The van der Waals surface area contributed by atoms with Crippen LogP contribution >= 0.6 is 50.9 Å². The average Bonchev–Trinajstić information content (AvgIpc) is 2.98. The van der Waals surface area contributed by atoms with Crippen molar-refractivity contribution in [2.75, 3.05) is 32.1 Å². The van der Waals surface area contributed by atoms with E-state index in [1.165, 1.54) is 0 Å². The number of azo groups is 1. The van der Waals surface area contributed by atoms with Crippen molar-refractivity contribution in [2.45, 2.75) is 25.9 Å². The van der Waals surface area contributed by atoms with Crippen molar-refractivity contribution in [2.24, 2.45) is 21.7 Å². The van der Waals surface area contributed by atoms with Crippen LogP contribution in [0.15, 0.2) is 46.9 Å². The molecule has 0 radical (unpaired) electrons. The molecule has 0 saturated carbocycles. The average molecular weight is 573 g/mol. The highest BCUT2D eigenvalue weighted by molar-refractivity contribution is 8.93. The predicted octanol–water partition coefficient (Wildman–Crippen LogP) is 3.69. The van der Waals surface area contributed by atoms with Crippen molar-refractivity contribution in [3.8, 4) is 0 Å². The molecule has 7 nitrogen and oxygen atoms in total. The fourth-order valence-electron chi connectivity index (χ4n) is 2.37. The summed E-state index contributed by atoms with van der Waals surface area (Å²) in [6, 6.07) is 8.00. The van der Waals surface area contributed by atoms with Crippen molar-refractivity contribution in [3.05, 3.63) is 36.7 Å². The summed E-state index contributed by atoms with van der Waals surface area (Å²) in [7, 11) is 4.03. The molecule has 0 atom stereocenters. The molecule has 4 N–H and O–H groups in total. The third kappa shape index (κ3) is 8.82. The van der Waals surface area contributed by atoms with Gasteiger partial charge in [-0.1, -0.05) is 5.11 Å². The smallest absolute Gasteiger partial charge is 0.378 e. The van der Waals surface area contributed by atoms with Crippen molar-refractivity contribution in [1.29, 1.82) is 0 Å². The summed E-state index contributed by atoms with van der Waals surface area (Å²) in [6.45, 7) is 2.98. The van der Waals surface area contributed by atoms with Gasteiger partial charge in [0.2, 0.25) is 0 Å². The Morgan fingerprint density at radius 1 is 0.963 bits per heavy atom. The monoisotopic (exact) mass is 570 g/mol. The van der Waals surface area contributed by atoms with E-state index < -0.39 is 0 Å². The van der Waals surface area contributed by atoms with Crippen molar-refractivity contribution in [3.63, 3.8) is 0 Å². The van der Waals surface area contributed by atoms with Crippen molar-refractivity contribution >= 4 is 68.3 Å². The van der Waals surface area contributed by atoms with Gasteiger partial charge in [-0.25, -0.2) is 9.13 Å². The Hall–Kier alpha value is -0.810. The van der Waals surface area contributed by atoms with Gasteiger partial charge in [0.1, 0.15) is 5.69 Å². The van der Waals surface area contributed by atoms with Gasteiger partial charge >= 0.3 is 5.95 Å². The van der Waals surface area contributed by atoms with E-state index in [9.17, 15) is 0 Å². The summed E-state index contributed by atoms with van der Waals surface area (Å²) in [5.74, 6) is 0.827. The number of hydrogen-bond acceptors (Lipinski definition) is 5. The Balaban J connectivity index is 0. The molecule has 0 aliphatic rings. The fourth-order valence-corrected chi connectivity index (χ4v) is 2.37. The van der Waals surface area contributed by atoms with Crippen molar-refractivity contribution < 1.29 is 4.57 Å². The van der Waals surface area contributed by atoms with Gasteiger partial charge in [-0.15, -0.1) is 50.9 Å². The van der Waals surface area contributed by atoms with E-state index in [1.54, 1.807) is 0 Å². The Bertz CT molecular complexity index is 632. The quantitative estimate of drug-likeness (QED) is 0.355. The largest absolute Gasteiger partial charge is 0.421 e. The zero-order valence-electron chi connectivity index (χ0n) is 15.8. The number of aryl methyl sites for hydroxylation is 2. The van der Waals surface area contributed by atoms with Crippen LogP contribution in [0.4, 0.5) is 17.3 Å². The highest BCUT2D eigenvalue weighted by Gasteiger charge is 2.16. The molecule has 0 unspecified atom stereocenters. The lowest BCUT2D eigenvalue weighted by molar-refractivity contribution is -0.683. The summed E-state index contributed by atoms with van der Waals surface area (Å²) >= 11 is 0. The molecule has 2 rings (SSSR count). The second-order valence-electron chi connectivity index (χ2n) is 5.88. The number of hydrogen-bond donors (Lipinski definition) is 2. The van der Waals surface area contributed by atoms with Crippen LogP contribution in [0.3, 0.4) is 0 Å². The molecule has 10 heteroatoms. The maximum absolute atomic E-state index is 5.62. The SMILES string of the molecule is Br.Br.Br.CN(C)c1ccc(N=Nc2n(CCCN)cc[n+]2CCCN)cc1. The molecule has 0 fully saturated rings. The van der Waals surface area contributed by atoms with E-state index in [-0.39, 0.29) is 50.9 Å². The second-order valence-corrected chi connectivity index (χ2v) is 5.88. The number of halogens is 3. The molecule has 0 aliphatic heterocycles. The maximum Gasteiger partial charge on any atom is 0.421 e. The minimum Gasteiger partial charge on any atom is -0.378 e. The number of aromatic nitrogens is 2. The minimum absolute atomic E-state index is 0. The van der Waals surface area contributed by atoms with Crippen LogP contribution in [-0.4, -0.2) is 31.8 Å². The van der Waals surface area contributed by atoms with Gasteiger partial charge < -0.3 is 16.4 Å². The van der Waals surface area contributed by atoms with Crippen LogP contribution in [0.25, 0.3) is 0 Å². The molecule has 154 valence electrons. The van der Waals surface area contributed by atoms with E-state index in [1.807, 2.05) is 50.8 Å². The molecule has 1 aromatic heterocycles. The highest BCUT2D eigenvalue weighted by atomic mass is 79.9. The van der Waals surface area contributed by atoms with Gasteiger partial charge in [0.25, 0.3) is 0 Å². The third-order valence-corrected chi connectivity index (χ3v) is 3.77. The Morgan fingerprint density at radius 2 is 1.59 bits per heavy atom. The second kappa shape index (κ2) is 15.2. The molecule has 1 heterocycles. The van der Waals surface area contributed by atoms with E-state index in [0.29, 0.717) is 13.1 Å². The van der Waals surface area contributed by atoms with Crippen LogP contribution in [-0.2, 0) is 13.1 Å². The van der Waals surface area contributed by atoms with E-state index in [2.05, 4.69) is 24.3 Å². The normalized spacial score (nSPS) is 10.1. The summed E-state index contributed by atoms with van der Waals surface area (Å²) in [5, 5.41) is 8.86. The van der Waals surface area contributed by atoms with Crippen LogP contribution < -0.4 is 20.9 Å². The van der Waals surface area contributed by atoms with Gasteiger partial charge in [-0.05, 0) is 50.2 Å². The van der Waals surface area contributed by atoms with Gasteiger partial charge in [0.15, 0.2) is 0 Å². The van der Waals surface area contributed by atoms with Crippen molar-refractivity contribution in [1.82, 2.24) is 4.57 Å². The lowest BCUT2D eigenvalue weighted by Crippen LogP contribution is -2.33. The Kier molecular flexibility index (Phi) is 15.9. The summed E-state index contributed by atoms with van der Waals surface area (Å²) in [4.78, 5) is 2.06. The molecule has 0 amide bonds. The number of imidazole rings is 1. The first-order valence-electron chi connectivity index (χ1n) is 8.33. The lowest BCUT2D eigenvalue weighted by atomic mass is 10.3. The zero-order chi connectivity index (χ0) is 17.4. The van der Waals surface area contributed by atoms with Gasteiger partial charge in [-0.3, -0.25) is 0 Å². The molecular formula is C17H31Br3N7+. The molecule has 0 bridgehead atoms. The topological polar surface area (TPSA) is 88.8 Å². The number of nitrogens with zero attached hydrogens (tertiary/aromatic N) is 5. The number of anilines is 1. The lowest BCUT2D eigenvalue weighted by Gasteiger charge is -2.11. The molecular weight excluding hydrogens is 542 g/mol. The maximum atomic E-state index is 5.62. The number of benzene rings is 1. The highest BCUT2D eigenvalue weighted by Crippen LogP contribution is 2.20. The number of rotatable bonds is 9. The van der Waals surface area contributed by atoms with Gasteiger partial charge in [-0.2, -0.15) is 0 Å². The van der Waals surface area contributed by atoms with Crippen LogP contribution in [0.5, 0.6) is 0 Å². The van der Waals surface area contributed by atoms with E-state index in [4.69, 9.17) is 11.5 Å². The van der Waals surface area contributed by atoms with Crippen LogP contribution in [0.1, 0.15) is 12.8 Å². The van der Waals surface area contributed by atoms with Gasteiger partial charge in [0.05, 0.1) is 25.5 Å². The number of nitrogens with two attached hydrogens (primary N) is 2. The standard InChI is InChI=1S/C17H28N7.3BrH/c1-22(2)16-7-5-15(6-8-16)20-21-17-23(11-3-9-18)13-14-24(17)12-4-10-19;;;/h5-8,13-14H,3-4,9-12,18-19H2,1-2H3;3*1H/q+1;;;. The van der Waals surface area contributed by atoms with E-state index >= 15 is 0 Å². The summed E-state index contributed by atoms with van der Waals surface area (Å²) < 4.78 is 4.17. The van der Waals surface area contributed by atoms with Crippen LogP contribution in [0, 0.1) is 0 Å². The first-order valence-corrected chi connectivity index (χ1v) is 8.33. The Morgan fingerprint density at radius 3 is 2.15 bits per heavy atom. The Labute approximate surface area is 193 Å². The molecule has 0 saturated heterocycles.